The number of amides is 1. The maximum absolute atomic E-state index is 12.3. The van der Waals surface area contributed by atoms with Crippen LogP contribution >= 0.6 is 11.8 Å². The van der Waals surface area contributed by atoms with Crippen LogP contribution < -0.4 is 11.2 Å². The zero-order valence-electron chi connectivity index (χ0n) is 13.4. The molecule has 126 valence electrons. The lowest BCUT2D eigenvalue weighted by Crippen LogP contribution is -2.32. The number of nitrogens with two attached hydrogens (primary N) is 1. The lowest BCUT2D eigenvalue weighted by Gasteiger charge is -2.26. The topological polar surface area (TPSA) is 85.8 Å². The first-order valence-electron chi connectivity index (χ1n) is 8.42. The van der Waals surface area contributed by atoms with Crippen molar-refractivity contribution < 1.29 is 4.79 Å². The molecule has 0 aliphatic heterocycles. The van der Waals surface area contributed by atoms with E-state index in [-0.39, 0.29) is 11.9 Å². The molecular formula is C17H21N5OS. The highest BCUT2D eigenvalue weighted by molar-refractivity contribution is 7.99. The smallest absolute Gasteiger partial charge is 0.230 e. The molecule has 1 fully saturated rings. The molecule has 4 rings (SSSR count). The van der Waals surface area contributed by atoms with Crippen LogP contribution in [0.25, 0.3) is 0 Å². The average Bonchev–Trinajstić information content (AvgIpc) is 3.37. The molecule has 1 aromatic heterocycles. The number of nitrogen functional groups attached to an aromatic ring is 1. The molecule has 2 aromatic rings. The summed E-state index contributed by atoms with van der Waals surface area (Å²) in [6, 6.07) is 8.48. The molecule has 7 heteroatoms. The third-order valence-corrected chi connectivity index (χ3v) is 5.61. The minimum atomic E-state index is 0.0117. The van der Waals surface area contributed by atoms with Crippen molar-refractivity contribution >= 4 is 17.7 Å². The normalized spacial score (nSPS) is 19.8. The molecule has 1 aromatic carbocycles. The summed E-state index contributed by atoms with van der Waals surface area (Å²) in [5.41, 5.74) is 2.59. The molecule has 1 unspecified atom stereocenters. The number of fused-ring (bicyclic) bond motifs is 1. The van der Waals surface area contributed by atoms with E-state index in [9.17, 15) is 4.79 Å². The molecule has 0 radical (unpaired) electrons. The van der Waals surface area contributed by atoms with Crippen LogP contribution in [-0.2, 0) is 11.2 Å². The van der Waals surface area contributed by atoms with E-state index < -0.39 is 0 Å². The number of thioether (sulfide) groups is 1. The number of nitrogens with one attached hydrogen (secondary N) is 1. The Balaban J connectivity index is 1.36. The first kappa shape index (κ1) is 15.5. The summed E-state index contributed by atoms with van der Waals surface area (Å²) in [6.45, 7) is 0. The fourth-order valence-corrected chi connectivity index (χ4v) is 3.95. The van der Waals surface area contributed by atoms with Crippen LogP contribution in [0.5, 0.6) is 0 Å². The van der Waals surface area contributed by atoms with Gasteiger partial charge in [-0.1, -0.05) is 36.0 Å². The number of aryl methyl sites for hydroxylation is 1. The van der Waals surface area contributed by atoms with Gasteiger partial charge in [-0.05, 0) is 43.2 Å². The fraction of sp³-hybridized carbons (Fsp3) is 0.471. The van der Waals surface area contributed by atoms with Crippen molar-refractivity contribution in [1.29, 1.82) is 0 Å². The van der Waals surface area contributed by atoms with E-state index in [1.807, 2.05) is 6.07 Å². The first-order valence-corrected chi connectivity index (χ1v) is 9.41. The summed E-state index contributed by atoms with van der Waals surface area (Å²) in [4.78, 5) is 12.3. The molecule has 24 heavy (non-hydrogen) atoms. The van der Waals surface area contributed by atoms with Gasteiger partial charge in [0.25, 0.3) is 0 Å². The van der Waals surface area contributed by atoms with E-state index in [4.69, 9.17) is 5.84 Å². The van der Waals surface area contributed by atoms with Crippen LogP contribution in [0.3, 0.4) is 0 Å². The highest BCUT2D eigenvalue weighted by Gasteiger charge is 2.30. The van der Waals surface area contributed by atoms with Crippen LogP contribution in [0.4, 0.5) is 0 Å². The third-order valence-electron chi connectivity index (χ3n) is 4.67. The number of rotatable bonds is 5. The second kappa shape index (κ2) is 6.47. The van der Waals surface area contributed by atoms with Gasteiger partial charge in [0.2, 0.25) is 11.1 Å². The number of nitrogens with zero attached hydrogens (tertiary/aromatic N) is 3. The number of carbonyl (C=O) groups is 1. The number of benzene rings is 1. The highest BCUT2D eigenvalue weighted by Crippen LogP contribution is 2.39. The summed E-state index contributed by atoms with van der Waals surface area (Å²) in [5.74, 6) is 7.61. The largest absolute Gasteiger partial charge is 0.349 e. The van der Waals surface area contributed by atoms with Gasteiger partial charge in [-0.3, -0.25) is 4.79 Å². The van der Waals surface area contributed by atoms with Gasteiger partial charge in [0.15, 0.2) is 5.82 Å². The molecule has 1 amide bonds. The SMILES string of the molecule is Nn1c(SCC(=O)NC2CCCc3ccccc32)nnc1C1CC1. The highest BCUT2D eigenvalue weighted by atomic mass is 32.2. The van der Waals surface area contributed by atoms with Crippen molar-refractivity contribution in [3.8, 4) is 0 Å². The van der Waals surface area contributed by atoms with Gasteiger partial charge < -0.3 is 11.2 Å². The van der Waals surface area contributed by atoms with Crippen molar-refractivity contribution in [3.05, 3.63) is 41.2 Å². The van der Waals surface area contributed by atoms with Gasteiger partial charge in [0.1, 0.15) is 0 Å². The zero-order valence-corrected chi connectivity index (χ0v) is 14.3. The number of carbonyl (C=O) groups excluding carboxylic acids is 1. The van der Waals surface area contributed by atoms with E-state index in [1.54, 1.807) is 0 Å². The average molecular weight is 343 g/mol. The van der Waals surface area contributed by atoms with Crippen LogP contribution in [-0.4, -0.2) is 26.5 Å². The Bertz CT molecular complexity index is 755. The Morgan fingerprint density at radius 2 is 2.12 bits per heavy atom. The molecular weight excluding hydrogens is 322 g/mol. The monoisotopic (exact) mass is 343 g/mol. The Kier molecular flexibility index (Phi) is 4.18. The number of aromatic nitrogens is 3. The summed E-state index contributed by atoms with van der Waals surface area (Å²) in [6.07, 6.45) is 5.45. The lowest BCUT2D eigenvalue weighted by molar-refractivity contribution is -0.119. The second-order valence-corrected chi connectivity index (χ2v) is 7.43. The van der Waals surface area contributed by atoms with Gasteiger partial charge in [0, 0.05) is 5.92 Å². The molecule has 1 saturated carbocycles. The maximum atomic E-state index is 12.3. The van der Waals surface area contributed by atoms with Crippen LogP contribution in [0.15, 0.2) is 29.4 Å². The van der Waals surface area contributed by atoms with Crippen molar-refractivity contribution in [2.75, 3.05) is 11.6 Å². The van der Waals surface area contributed by atoms with E-state index in [0.29, 0.717) is 16.8 Å². The molecule has 2 aliphatic carbocycles. The molecule has 1 atom stereocenters. The molecule has 0 bridgehead atoms. The standard InChI is InChI=1S/C17H21N5OS/c18-22-16(12-8-9-12)20-21-17(22)24-10-15(23)19-14-7-3-5-11-4-1-2-6-13(11)14/h1-2,4,6,12,14H,3,5,7-10,18H2,(H,19,23). The van der Waals surface area contributed by atoms with Gasteiger partial charge in [0.05, 0.1) is 11.8 Å². The molecule has 0 saturated heterocycles. The van der Waals surface area contributed by atoms with Crippen molar-refractivity contribution in [2.24, 2.45) is 0 Å². The molecule has 3 N–H and O–H groups in total. The Labute approximate surface area is 145 Å². The zero-order chi connectivity index (χ0) is 16.5. The molecule has 1 heterocycles. The minimum Gasteiger partial charge on any atom is -0.349 e. The van der Waals surface area contributed by atoms with Crippen LogP contribution in [0, 0.1) is 0 Å². The first-order chi connectivity index (χ1) is 11.7. The lowest BCUT2D eigenvalue weighted by atomic mass is 9.88. The van der Waals surface area contributed by atoms with Gasteiger partial charge in [-0.25, -0.2) is 4.68 Å². The predicted molar refractivity (Wildman–Crippen MR) is 93.1 cm³/mol. The van der Waals surface area contributed by atoms with Crippen LogP contribution in [0.1, 0.15) is 54.6 Å². The number of hydrogen-bond acceptors (Lipinski definition) is 5. The summed E-state index contributed by atoms with van der Waals surface area (Å²) in [5, 5.41) is 12.0. The Morgan fingerprint density at radius 1 is 1.29 bits per heavy atom. The van der Waals surface area contributed by atoms with E-state index in [1.165, 1.54) is 27.6 Å². The summed E-state index contributed by atoms with van der Waals surface area (Å²) >= 11 is 1.34. The van der Waals surface area contributed by atoms with Gasteiger partial charge >= 0.3 is 0 Å². The summed E-state index contributed by atoms with van der Waals surface area (Å²) in [7, 11) is 0. The van der Waals surface area contributed by atoms with E-state index in [0.717, 1.165) is 37.9 Å². The molecule has 2 aliphatic rings. The predicted octanol–water partition coefficient (Wildman–Crippen LogP) is 2.16. The molecule has 6 nitrogen and oxygen atoms in total. The Morgan fingerprint density at radius 3 is 2.96 bits per heavy atom. The third kappa shape index (κ3) is 3.13. The van der Waals surface area contributed by atoms with Crippen molar-refractivity contribution in [1.82, 2.24) is 20.2 Å². The van der Waals surface area contributed by atoms with Gasteiger partial charge in [-0.15, -0.1) is 10.2 Å². The van der Waals surface area contributed by atoms with Crippen molar-refractivity contribution in [3.63, 3.8) is 0 Å². The second-order valence-electron chi connectivity index (χ2n) is 6.48. The van der Waals surface area contributed by atoms with Gasteiger partial charge in [-0.2, -0.15) is 0 Å². The quantitative estimate of drug-likeness (QED) is 0.642. The van der Waals surface area contributed by atoms with Crippen molar-refractivity contribution in [2.45, 2.75) is 49.2 Å². The maximum Gasteiger partial charge on any atom is 0.230 e. The fourth-order valence-electron chi connectivity index (χ4n) is 3.28. The Hall–Kier alpha value is -2.02. The minimum absolute atomic E-state index is 0.0117. The molecule has 0 spiro atoms. The summed E-state index contributed by atoms with van der Waals surface area (Å²) < 4.78 is 1.53. The van der Waals surface area contributed by atoms with Crippen LogP contribution in [0.2, 0.25) is 0 Å². The van der Waals surface area contributed by atoms with E-state index in [2.05, 4.69) is 33.7 Å². The van der Waals surface area contributed by atoms with E-state index >= 15 is 0 Å². The number of hydrogen-bond donors (Lipinski definition) is 2.